The lowest BCUT2D eigenvalue weighted by Gasteiger charge is -2.17. The Hall–Kier alpha value is -0.610. The van der Waals surface area contributed by atoms with Crippen LogP contribution in [0.1, 0.15) is 33.6 Å². The van der Waals surface area contributed by atoms with Crippen LogP contribution in [0, 0.1) is 0 Å². The maximum atomic E-state index is 11.3. The van der Waals surface area contributed by atoms with E-state index in [1.165, 1.54) is 0 Å². The fraction of sp³-hybridized carbons (Fsp3) is 0.917. The summed E-state index contributed by atoms with van der Waals surface area (Å²) in [4.78, 5) is 13.7. The Balaban J connectivity index is 3.33. The third kappa shape index (κ3) is 8.68. The highest BCUT2D eigenvalue weighted by Crippen LogP contribution is 1.89. The summed E-state index contributed by atoms with van der Waals surface area (Å²) < 4.78 is 0. The number of nitrogens with one attached hydrogen (secondary N) is 2. The fourth-order valence-corrected chi connectivity index (χ4v) is 1.51. The van der Waals surface area contributed by atoms with E-state index < -0.39 is 0 Å². The number of rotatable bonds is 10. The Morgan fingerprint density at radius 2 is 1.81 bits per heavy atom. The van der Waals surface area contributed by atoms with Crippen molar-refractivity contribution in [2.75, 3.05) is 39.3 Å². The van der Waals surface area contributed by atoms with Crippen molar-refractivity contribution in [3.63, 3.8) is 0 Å². The molecule has 96 valence electrons. The number of carbonyl (C=O) groups is 1. The molecule has 0 atom stereocenters. The van der Waals surface area contributed by atoms with Crippen molar-refractivity contribution in [3.8, 4) is 0 Å². The van der Waals surface area contributed by atoms with Gasteiger partial charge in [-0.2, -0.15) is 0 Å². The lowest BCUT2D eigenvalue weighted by atomic mass is 10.3. The van der Waals surface area contributed by atoms with Gasteiger partial charge in [0.2, 0.25) is 5.91 Å². The van der Waals surface area contributed by atoms with Gasteiger partial charge in [0, 0.05) is 6.54 Å². The van der Waals surface area contributed by atoms with Gasteiger partial charge in [-0.15, -0.1) is 0 Å². The molecule has 0 saturated carbocycles. The molecule has 4 nitrogen and oxygen atoms in total. The molecule has 0 bridgehead atoms. The second-order valence-electron chi connectivity index (χ2n) is 3.91. The fourth-order valence-electron chi connectivity index (χ4n) is 1.51. The lowest BCUT2D eigenvalue weighted by molar-refractivity contribution is -0.120. The van der Waals surface area contributed by atoms with Crippen molar-refractivity contribution >= 4 is 5.91 Å². The van der Waals surface area contributed by atoms with Crippen LogP contribution in [0.25, 0.3) is 0 Å². The lowest BCUT2D eigenvalue weighted by Crippen LogP contribution is -2.36. The maximum Gasteiger partial charge on any atom is 0.233 e. The summed E-state index contributed by atoms with van der Waals surface area (Å²) in [7, 11) is 0. The number of hydrogen-bond donors (Lipinski definition) is 2. The summed E-state index contributed by atoms with van der Waals surface area (Å²) in [6, 6.07) is 0. The van der Waals surface area contributed by atoms with E-state index in [2.05, 4.69) is 36.3 Å². The molecule has 16 heavy (non-hydrogen) atoms. The molecule has 0 aliphatic carbocycles. The highest BCUT2D eigenvalue weighted by atomic mass is 16.1. The molecule has 0 aromatic carbocycles. The summed E-state index contributed by atoms with van der Waals surface area (Å²) in [5.74, 6) is 0.105. The largest absolute Gasteiger partial charge is 0.355 e. The van der Waals surface area contributed by atoms with Crippen LogP contribution < -0.4 is 10.6 Å². The van der Waals surface area contributed by atoms with E-state index in [0.717, 1.165) is 45.6 Å². The van der Waals surface area contributed by atoms with Crippen LogP contribution >= 0.6 is 0 Å². The van der Waals surface area contributed by atoms with Gasteiger partial charge < -0.3 is 15.5 Å². The van der Waals surface area contributed by atoms with Gasteiger partial charge in [-0.05, 0) is 39.0 Å². The van der Waals surface area contributed by atoms with Gasteiger partial charge in [0.25, 0.3) is 0 Å². The zero-order chi connectivity index (χ0) is 12.2. The average Bonchev–Trinajstić information content (AvgIpc) is 2.30. The monoisotopic (exact) mass is 229 g/mol. The third-order valence-corrected chi connectivity index (χ3v) is 2.58. The van der Waals surface area contributed by atoms with E-state index in [1.54, 1.807) is 0 Å². The van der Waals surface area contributed by atoms with Gasteiger partial charge in [-0.25, -0.2) is 0 Å². The first-order chi connectivity index (χ1) is 7.74. The number of amides is 1. The summed E-state index contributed by atoms with van der Waals surface area (Å²) in [6.45, 7) is 11.8. The van der Waals surface area contributed by atoms with Crippen LogP contribution in [0.4, 0.5) is 0 Å². The van der Waals surface area contributed by atoms with E-state index in [1.807, 2.05) is 0 Å². The summed E-state index contributed by atoms with van der Waals surface area (Å²) in [5, 5.41) is 6.00. The zero-order valence-electron chi connectivity index (χ0n) is 11.0. The molecule has 0 heterocycles. The van der Waals surface area contributed by atoms with Crippen molar-refractivity contribution in [2.24, 2.45) is 0 Å². The zero-order valence-corrected chi connectivity index (χ0v) is 11.0. The molecular formula is C12H27N3O. The first kappa shape index (κ1) is 15.4. The van der Waals surface area contributed by atoms with Gasteiger partial charge >= 0.3 is 0 Å². The molecule has 0 fully saturated rings. The molecular weight excluding hydrogens is 202 g/mol. The van der Waals surface area contributed by atoms with Crippen LogP contribution in [-0.2, 0) is 4.79 Å². The number of nitrogens with zero attached hydrogens (tertiary/aromatic N) is 1. The highest BCUT2D eigenvalue weighted by molar-refractivity contribution is 5.77. The van der Waals surface area contributed by atoms with Crippen LogP contribution in [0.3, 0.4) is 0 Å². The van der Waals surface area contributed by atoms with Crippen molar-refractivity contribution in [1.82, 2.24) is 15.5 Å². The molecule has 0 aromatic rings. The van der Waals surface area contributed by atoms with Crippen molar-refractivity contribution < 1.29 is 4.79 Å². The Morgan fingerprint density at radius 3 is 2.38 bits per heavy atom. The van der Waals surface area contributed by atoms with Crippen molar-refractivity contribution in [1.29, 1.82) is 0 Å². The molecule has 4 heteroatoms. The first-order valence-corrected chi connectivity index (χ1v) is 6.44. The maximum absolute atomic E-state index is 11.3. The third-order valence-electron chi connectivity index (χ3n) is 2.58. The SMILES string of the molecule is CCCNCC(=O)NCCCN(CC)CC. The molecule has 0 saturated heterocycles. The summed E-state index contributed by atoms with van der Waals surface area (Å²) in [5.41, 5.74) is 0. The number of hydrogen-bond acceptors (Lipinski definition) is 3. The molecule has 0 aliphatic heterocycles. The van der Waals surface area contributed by atoms with Gasteiger partial charge in [0.15, 0.2) is 0 Å². The van der Waals surface area contributed by atoms with Gasteiger partial charge in [-0.1, -0.05) is 20.8 Å². The molecule has 0 aliphatic rings. The predicted octanol–water partition coefficient (Wildman–Crippen LogP) is 0.834. The summed E-state index contributed by atoms with van der Waals surface area (Å²) in [6.07, 6.45) is 2.09. The van der Waals surface area contributed by atoms with E-state index in [-0.39, 0.29) is 5.91 Å². The van der Waals surface area contributed by atoms with Crippen molar-refractivity contribution in [2.45, 2.75) is 33.6 Å². The molecule has 0 radical (unpaired) electrons. The van der Waals surface area contributed by atoms with E-state index in [4.69, 9.17) is 0 Å². The normalized spacial score (nSPS) is 10.8. The molecule has 0 aromatic heterocycles. The molecule has 0 unspecified atom stereocenters. The average molecular weight is 229 g/mol. The smallest absolute Gasteiger partial charge is 0.233 e. The minimum atomic E-state index is 0.105. The molecule has 1 amide bonds. The van der Waals surface area contributed by atoms with E-state index in [9.17, 15) is 4.79 Å². The van der Waals surface area contributed by atoms with Crippen LogP contribution in [-0.4, -0.2) is 50.1 Å². The quantitative estimate of drug-likeness (QED) is 0.546. The highest BCUT2D eigenvalue weighted by Gasteiger charge is 2.01. The van der Waals surface area contributed by atoms with Crippen LogP contribution in [0.2, 0.25) is 0 Å². The van der Waals surface area contributed by atoms with Crippen molar-refractivity contribution in [3.05, 3.63) is 0 Å². The molecule has 0 spiro atoms. The second-order valence-corrected chi connectivity index (χ2v) is 3.91. The molecule has 2 N–H and O–H groups in total. The first-order valence-electron chi connectivity index (χ1n) is 6.44. The van der Waals surface area contributed by atoms with E-state index >= 15 is 0 Å². The summed E-state index contributed by atoms with van der Waals surface area (Å²) >= 11 is 0. The second kappa shape index (κ2) is 10.9. The number of carbonyl (C=O) groups excluding carboxylic acids is 1. The molecule has 0 rings (SSSR count). The van der Waals surface area contributed by atoms with Gasteiger partial charge in [0.1, 0.15) is 0 Å². The Bertz CT molecular complexity index is 170. The Labute approximate surface area is 99.8 Å². The van der Waals surface area contributed by atoms with E-state index in [0.29, 0.717) is 6.54 Å². The predicted molar refractivity (Wildman–Crippen MR) is 68.6 cm³/mol. The minimum absolute atomic E-state index is 0.105. The van der Waals surface area contributed by atoms with Gasteiger partial charge in [-0.3, -0.25) is 4.79 Å². The van der Waals surface area contributed by atoms with Crippen LogP contribution in [0.15, 0.2) is 0 Å². The minimum Gasteiger partial charge on any atom is -0.355 e. The van der Waals surface area contributed by atoms with Crippen LogP contribution in [0.5, 0.6) is 0 Å². The van der Waals surface area contributed by atoms with Gasteiger partial charge in [0.05, 0.1) is 6.54 Å². The topological polar surface area (TPSA) is 44.4 Å². The standard InChI is InChI=1S/C12H27N3O/c1-4-8-13-11-12(16)14-9-7-10-15(5-2)6-3/h13H,4-11H2,1-3H3,(H,14,16). The Morgan fingerprint density at radius 1 is 1.12 bits per heavy atom. The Kier molecular flexibility index (Phi) is 10.5.